The number of nitrogens with one attached hydrogen (secondary N) is 4. The van der Waals surface area contributed by atoms with E-state index in [9.17, 15) is 39.0 Å². The maximum Gasteiger partial charge on any atom is 0.328 e. The van der Waals surface area contributed by atoms with Crippen LogP contribution in [0.4, 0.5) is 0 Å². The van der Waals surface area contributed by atoms with Gasteiger partial charge in [-0.3, -0.25) is 24.0 Å². The maximum atomic E-state index is 13.2. The highest BCUT2D eigenvalue weighted by Gasteiger charge is 2.32. The Balaban J connectivity index is 5.17. The highest BCUT2D eigenvalue weighted by atomic mass is 16.4. The predicted octanol–water partition coefficient (Wildman–Crippen LogP) is 3.24. The van der Waals surface area contributed by atoms with Crippen molar-refractivity contribution < 1.29 is 44.1 Å². The molecule has 1 unspecified atom stereocenters. The van der Waals surface area contributed by atoms with Crippen LogP contribution in [0, 0.1) is 17.8 Å². The van der Waals surface area contributed by atoms with Gasteiger partial charge in [0.05, 0.1) is 6.61 Å². The monoisotopic (exact) mass is 678 g/mol. The Hall–Kier alpha value is -4.00. The molecule has 0 aromatic heterocycles. The molecule has 0 rings (SSSR count). The van der Waals surface area contributed by atoms with Crippen molar-refractivity contribution in [2.24, 2.45) is 17.8 Å². The Morgan fingerprint density at radius 1 is 0.667 bits per heavy atom. The normalized spacial score (nSPS) is 14.4. The van der Waals surface area contributed by atoms with Crippen molar-refractivity contribution in [1.29, 1.82) is 0 Å². The molecule has 0 aliphatic rings. The fourth-order valence-corrected chi connectivity index (χ4v) is 4.63. The third-order valence-corrected chi connectivity index (χ3v) is 7.53. The summed E-state index contributed by atoms with van der Waals surface area (Å²) < 4.78 is 0. The van der Waals surface area contributed by atoms with Crippen molar-refractivity contribution in [3.05, 3.63) is 34.9 Å². The molecule has 48 heavy (non-hydrogen) atoms. The van der Waals surface area contributed by atoms with Gasteiger partial charge in [0.1, 0.15) is 24.0 Å². The first kappa shape index (κ1) is 44.0. The molecule has 0 aromatic carbocycles. The number of carboxylic acid groups (broad SMARTS) is 2. The highest BCUT2D eigenvalue weighted by molar-refractivity contribution is 5.98. The Bertz CT molecular complexity index is 1190. The van der Waals surface area contributed by atoms with Crippen LogP contribution in [-0.2, 0) is 28.8 Å². The third-order valence-electron chi connectivity index (χ3n) is 7.53. The molecule has 0 aromatic rings. The lowest BCUT2D eigenvalue weighted by Gasteiger charge is -2.27. The summed E-state index contributed by atoms with van der Waals surface area (Å²) in [5, 5.41) is 38.0. The summed E-state index contributed by atoms with van der Waals surface area (Å²) in [4.78, 5) is 74.5. The van der Waals surface area contributed by atoms with Crippen molar-refractivity contribution in [2.45, 2.75) is 118 Å². The van der Waals surface area contributed by atoms with Crippen molar-refractivity contribution in [3.63, 3.8) is 0 Å². The third kappa shape index (κ3) is 19.0. The first-order valence-electron chi connectivity index (χ1n) is 16.6. The number of rotatable bonds is 23. The summed E-state index contributed by atoms with van der Waals surface area (Å²) in [5.74, 6) is -7.67. The topological polar surface area (TPSA) is 211 Å². The van der Waals surface area contributed by atoms with E-state index in [1.165, 1.54) is 11.1 Å². The number of allylic oxidation sites excluding steroid dienone is 5. The molecule has 13 nitrogen and oxygen atoms in total. The van der Waals surface area contributed by atoms with Gasteiger partial charge in [0, 0.05) is 13.0 Å². The summed E-state index contributed by atoms with van der Waals surface area (Å²) in [6.45, 7) is 14.4. The van der Waals surface area contributed by atoms with Gasteiger partial charge in [-0.1, -0.05) is 62.6 Å². The molecule has 272 valence electrons. The van der Waals surface area contributed by atoms with Crippen LogP contribution in [0.1, 0.15) is 100 Å². The molecule has 0 aliphatic heterocycles. The molecule has 4 amide bonds. The SMILES string of the molecule is CC(C)=CCC/C(C)=C/CC/C(C)=C/CNC(=O)C(CCC(=O)N[C@H](C(=O)N[C@@H](CC(C)C)C(=O)N[C@@H](CO)C(=O)O)C(C)C)C(=O)O. The predicted molar refractivity (Wildman–Crippen MR) is 184 cm³/mol. The van der Waals surface area contributed by atoms with Crippen LogP contribution in [0.25, 0.3) is 0 Å². The molecular formula is C35H58N4O9. The summed E-state index contributed by atoms with van der Waals surface area (Å²) in [5.41, 5.74) is 3.67. The summed E-state index contributed by atoms with van der Waals surface area (Å²) in [6.07, 6.45) is 9.43. The second-order valence-electron chi connectivity index (χ2n) is 13.2. The maximum absolute atomic E-state index is 13.2. The number of carbonyl (C=O) groups excluding carboxylic acids is 4. The van der Waals surface area contributed by atoms with Crippen LogP contribution < -0.4 is 21.3 Å². The van der Waals surface area contributed by atoms with Crippen LogP contribution in [-0.4, -0.2) is 82.2 Å². The van der Waals surface area contributed by atoms with E-state index in [0.29, 0.717) is 0 Å². The number of aliphatic hydroxyl groups is 1. The molecular weight excluding hydrogens is 620 g/mol. The Morgan fingerprint density at radius 3 is 1.73 bits per heavy atom. The highest BCUT2D eigenvalue weighted by Crippen LogP contribution is 2.13. The largest absolute Gasteiger partial charge is 0.481 e. The number of carbonyl (C=O) groups is 6. The lowest BCUT2D eigenvalue weighted by atomic mass is 9.98. The summed E-state index contributed by atoms with van der Waals surface area (Å²) in [6, 6.07) is -3.79. The van der Waals surface area contributed by atoms with Crippen LogP contribution in [0.5, 0.6) is 0 Å². The van der Waals surface area contributed by atoms with Gasteiger partial charge in [-0.15, -0.1) is 0 Å². The van der Waals surface area contributed by atoms with Gasteiger partial charge in [-0.2, -0.15) is 0 Å². The van der Waals surface area contributed by atoms with E-state index in [-0.39, 0.29) is 31.7 Å². The van der Waals surface area contributed by atoms with Gasteiger partial charge in [-0.25, -0.2) is 4.79 Å². The number of hydrogen-bond acceptors (Lipinski definition) is 7. The average molecular weight is 679 g/mol. The second-order valence-corrected chi connectivity index (χ2v) is 13.2. The van der Waals surface area contributed by atoms with Crippen molar-refractivity contribution in [1.82, 2.24) is 21.3 Å². The molecule has 0 bridgehead atoms. The molecule has 13 heteroatoms. The Morgan fingerprint density at radius 2 is 1.23 bits per heavy atom. The molecule has 0 saturated carbocycles. The van der Waals surface area contributed by atoms with Gasteiger partial charge in [0.15, 0.2) is 0 Å². The van der Waals surface area contributed by atoms with E-state index in [2.05, 4.69) is 54.2 Å². The van der Waals surface area contributed by atoms with Gasteiger partial charge < -0.3 is 36.6 Å². The number of aliphatic hydroxyl groups excluding tert-OH is 1. The lowest BCUT2D eigenvalue weighted by molar-refractivity contribution is -0.147. The van der Waals surface area contributed by atoms with Crippen LogP contribution in [0.3, 0.4) is 0 Å². The standard InChI is InChI=1S/C35H58N4O9/c1-21(2)11-9-12-24(7)13-10-14-25(8)17-18-36-31(42)26(34(45)46)15-16-29(41)39-30(23(5)6)33(44)37-27(19-22(3)4)32(43)38-28(20-40)35(47)48/h11,13,17,22-23,26-28,30,40H,9-10,12,14-16,18-20H2,1-8H3,(H,36,42)(H,37,44)(H,38,43)(H,39,41)(H,45,46)(H,47,48)/b24-13+,25-17+/t26?,27-,28-,30-/m0/s1. The van der Waals surface area contributed by atoms with Gasteiger partial charge in [0.25, 0.3) is 0 Å². The van der Waals surface area contributed by atoms with E-state index in [4.69, 9.17) is 5.11 Å². The van der Waals surface area contributed by atoms with Crippen molar-refractivity contribution >= 4 is 35.6 Å². The molecule has 0 heterocycles. The first-order chi connectivity index (χ1) is 22.4. The van der Waals surface area contributed by atoms with E-state index in [1.807, 2.05) is 13.0 Å². The first-order valence-corrected chi connectivity index (χ1v) is 16.6. The number of hydrogen-bond donors (Lipinski definition) is 7. The van der Waals surface area contributed by atoms with E-state index < -0.39 is 72.1 Å². The van der Waals surface area contributed by atoms with Gasteiger partial charge >= 0.3 is 11.9 Å². The second kappa shape index (κ2) is 23.3. The zero-order valence-corrected chi connectivity index (χ0v) is 29.9. The van der Waals surface area contributed by atoms with Gasteiger partial charge in [-0.05, 0) is 78.1 Å². The fourth-order valence-electron chi connectivity index (χ4n) is 4.63. The molecule has 4 atom stereocenters. The lowest BCUT2D eigenvalue weighted by Crippen LogP contribution is -2.57. The summed E-state index contributed by atoms with van der Waals surface area (Å²) in [7, 11) is 0. The van der Waals surface area contributed by atoms with E-state index >= 15 is 0 Å². The Kier molecular flexibility index (Phi) is 21.4. The van der Waals surface area contributed by atoms with Gasteiger partial charge in [0.2, 0.25) is 23.6 Å². The zero-order chi connectivity index (χ0) is 37.0. The minimum absolute atomic E-state index is 0.0712. The van der Waals surface area contributed by atoms with Crippen molar-refractivity contribution in [3.8, 4) is 0 Å². The fraction of sp³-hybridized carbons (Fsp3) is 0.657. The molecule has 7 N–H and O–H groups in total. The van der Waals surface area contributed by atoms with Crippen molar-refractivity contribution in [2.75, 3.05) is 13.2 Å². The smallest absolute Gasteiger partial charge is 0.328 e. The van der Waals surface area contributed by atoms with E-state index in [1.54, 1.807) is 27.7 Å². The zero-order valence-electron chi connectivity index (χ0n) is 29.9. The number of amides is 4. The minimum Gasteiger partial charge on any atom is -0.481 e. The average Bonchev–Trinajstić information content (AvgIpc) is 2.97. The number of carboxylic acids is 2. The number of aliphatic carboxylic acids is 2. The van der Waals surface area contributed by atoms with Crippen LogP contribution in [0.2, 0.25) is 0 Å². The molecule has 0 spiro atoms. The van der Waals surface area contributed by atoms with E-state index in [0.717, 1.165) is 31.3 Å². The Labute approximate surface area is 285 Å². The molecule has 0 aliphatic carbocycles. The summed E-state index contributed by atoms with van der Waals surface area (Å²) >= 11 is 0. The molecule has 0 radical (unpaired) electrons. The van der Waals surface area contributed by atoms with Crippen LogP contribution in [0.15, 0.2) is 34.9 Å². The minimum atomic E-state index is -1.55. The molecule has 0 fully saturated rings. The van der Waals surface area contributed by atoms with Crippen LogP contribution >= 0.6 is 0 Å². The quantitative estimate of drug-likeness (QED) is 0.0624. The molecule has 0 saturated heterocycles.